The maximum Gasteiger partial charge on any atom is 0.272 e. The molecule has 2 aromatic rings. The van der Waals surface area contributed by atoms with Gasteiger partial charge in [-0.25, -0.2) is 0 Å². The Balaban J connectivity index is 2.04. The van der Waals surface area contributed by atoms with E-state index in [1.165, 1.54) is 12.0 Å². The van der Waals surface area contributed by atoms with Crippen LogP contribution in [0.4, 0.5) is 11.4 Å². The maximum atomic E-state index is 13.7. The minimum Gasteiger partial charge on any atom is -0.497 e. The first kappa shape index (κ1) is 23.5. The van der Waals surface area contributed by atoms with Crippen LogP contribution in [-0.2, 0) is 4.79 Å². The number of nitrogens with one attached hydrogen (secondary N) is 1. The molecule has 1 aromatic carbocycles. The predicted molar refractivity (Wildman–Crippen MR) is 124 cm³/mol. The van der Waals surface area contributed by atoms with Crippen LogP contribution in [0.5, 0.6) is 5.75 Å². The summed E-state index contributed by atoms with van der Waals surface area (Å²) >= 11 is 0.796. The molecule has 1 fully saturated rings. The molecule has 0 spiro atoms. The van der Waals surface area contributed by atoms with Gasteiger partial charge in [-0.3, -0.25) is 19.3 Å². The number of hydrogen-bond acceptors (Lipinski definition) is 7. The Bertz CT molecular complexity index is 986. The van der Waals surface area contributed by atoms with Crippen molar-refractivity contribution in [1.82, 2.24) is 9.69 Å². The van der Waals surface area contributed by atoms with Gasteiger partial charge in [0.25, 0.3) is 11.8 Å². The number of ether oxygens (including phenoxy) is 1. The summed E-state index contributed by atoms with van der Waals surface area (Å²) in [5, 5.41) is 3.11. The number of rotatable bonds is 9. The number of amides is 3. The van der Waals surface area contributed by atoms with E-state index in [4.69, 9.17) is 16.2 Å². The average Bonchev–Trinajstić information content (AvgIpc) is 3.42. The van der Waals surface area contributed by atoms with E-state index in [1.807, 2.05) is 6.92 Å². The minimum atomic E-state index is -0.810. The minimum absolute atomic E-state index is 0.0661. The summed E-state index contributed by atoms with van der Waals surface area (Å²) in [6, 6.07) is 6.27. The summed E-state index contributed by atoms with van der Waals surface area (Å²) in [5.74, 6) is -0.995. The van der Waals surface area contributed by atoms with Crippen LogP contribution < -0.4 is 26.4 Å². The van der Waals surface area contributed by atoms with Crippen molar-refractivity contribution in [2.75, 3.05) is 17.7 Å². The second-order valence-electron chi connectivity index (χ2n) is 7.81. The van der Waals surface area contributed by atoms with Crippen LogP contribution in [0.2, 0.25) is 0 Å². The topological polar surface area (TPSA) is 141 Å². The van der Waals surface area contributed by atoms with Gasteiger partial charge < -0.3 is 21.5 Å². The number of nitrogens with two attached hydrogens (primary N) is 2. The summed E-state index contributed by atoms with van der Waals surface area (Å²) in [5.41, 5.74) is 11.6. The lowest BCUT2D eigenvalue weighted by Gasteiger charge is -2.32. The first-order valence-corrected chi connectivity index (χ1v) is 11.5. The van der Waals surface area contributed by atoms with Crippen molar-refractivity contribution in [3.05, 3.63) is 34.8 Å². The van der Waals surface area contributed by atoms with Gasteiger partial charge in [-0.1, -0.05) is 32.3 Å². The highest BCUT2D eigenvalue weighted by Crippen LogP contribution is 2.31. The van der Waals surface area contributed by atoms with Crippen molar-refractivity contribution in [1.29, 1.82) is 0 Å². The van der Waals surface area contributed by atoms with Crippen LogP contribution in [-0.4, -0.2) is 41.3 Å². The molecule has 0 bridgehead atoms. The quantitative estimate of drug-likeness (QED) is 0.526. The van der Waals surface area contributed by atoms with E-state index < -0.39 is 17.9 Å². The number of nitrogen functional groups attached to an aromatic ring is 1. The second-order valence-corrected chi connectivity index (χ2v) is 8.58. The van der Waals surface area contributed by atoms with E-state index in [-0.39, 0.29) is 28.2 Å². The standard InChI is InChI=1S/C22H29N5O4S/c1-3-7-16(21(29)25-13-8-4-5-9-13)27(14-10-6-11-15(12-14)31-2)22(30)19-17(23)18(20(24)28)26-32-19/h6,10-13,16H,3-5,7-9,23H2,1-2H3,(H2,24,28)(H,25,29). The van der Waals surface area contributed by atoms with E-state index in [1.54, 1.807) is 24.3 Å². The van der Waals surface area contributed by atoms with Crippen LogP contribution in [0.25, 0.3) is 0 Å². The van der Waals surface area contributed by atoms with Crippen LogP contribution in [0.3, 0.4) is 0 Å². The fourth-order valence-corrected chi connectivity index (χ4v) is 4.70. The number of benzene rings is 1. The van der Waals surface area contributed by atoms with E-state index >= 15 is 0 Å². The molecule has 1 atom stereocenters. The molecule has 3 rings (SSSR count). The average molecular weight is 460 g/mol. The van der Waals surface area contributed by atoms with Crippen molar-refractivity contribution in [3.8, 4) is 5.75 Å². The third kappa shape index (κ3) is 5.01. The molecule has 32 heavy (non-hydrogen) atoms. The zero-order valence-electron chi connectivity index (χ0n) is 18.3. The van der Waals surface area contributed by atoms with Gasteiger partial charge in [0, 0.05) is 17.8 Å². The van der Waals surface area contributed by atoms with Gasteiger partial charge >= 0.3 is 0 Å². The molecule has 10 heteroatoms. The Hall–Kier alpha value is -3.14. The van der Waals surface area contributed by atoms with E-state index in [0.717, 1.165) is 37.2 Å². The van der Waals surface area contributed by atoms with Gasteiger partial charge in [0.05, 0.1) is 12.8 Å². The van der Waals surface area contributed by atoms with E-state index in [9.17, 15) is 14.4 Å². The van der Waals surface area contributed by atoms with Crippen LogP contribution >= 0.6 is 11.5 Å². The summed E-state index contributed by atoms with van der Waals surface area (Å²) in [4.78, 5) is 40.1. The maximum absolute atomic E-state index is 13.7. The smallest absolute Gasteiger partial charge is 0.272 e. The van der Waals surface area contributed by atoms with Gasteiger partial charge in [0.15, 0.2) is 5.69 Å². The number of carbonyl (C=O) groups is 3. The fraction of sp³-hybridized carbons (Fsp3) is 0.455. The van der Waals surface area contributed by atoms with E-state index in [0.29, 0.717) is 24.3 Å². The monoisotopic (exact) mass is 459 g/mol. The number of carbonyl (C=O) groups excluding carboxylic acids is 3. The van der Waals surface area contributed by atoms with Crippen molar-refractivity contribution in [3.63, 3.8) is 0 Å². The molecular weight excluding hydrogens is 430 g/mol. The molecule has 0 aliphatic heterocycles. The third-order valence-corrected chi connectivity index (χ3v) is 6.43. The molecule has 1 aliphatic rings. The van der Waals surface area contributed by atoms with Gasteiger partial charge in [0.1, 0.15) is 16.7 Å². The molecule has 0 saturated heterocycles. The Kier molecular flexibility index (Phi) is 7.68. The Labute approximate surface area is 191 Å². The number of aromatic nitrogens is 1. The second kappa shape index (κ2) is 10.4. The highest BCUT2D eigenvalue weighted by molar-refractivity contribution is 7.09. The Morgan fingerprint density at radius 3 is 2.62 bits per heavy atom. The fourth-order valence-electron chi connectivity index (χ4n) is 3.96. The molecule has 1 aliphatic carbocycles. The molecule has 9 nitrogen and oxygen atoms in total. The Morgan fingerprint density at radius 2 is 2.03 bits per heavy atom. The summed E-state index contributed by atoms with van der Waals surface area (Å²) in [7, 11) is 1.53. The van der Waals surface area contributed by atoms with Crippen LogP contribution in [0.15, 0.2) is 24.3 Å². The molecule has 1 saturated carbocycles. The number of anilines is 2. The number of nitrogens with zero attached hydrogens (tertiary/aromatic N) is 2. The largest absolute Gasteiger partial charge is 0.497 e. The SMILES string of the molecule is CCCC(C(=O)NC1CCCC1)N(C(=O)c1snc(C(N)=O)c1N)c1cccc(OC)c1. The first-order chi connectivity index (χ1) is 15.4. The molecule has 1 unspecified atom stereocenters. The van der Waals surface area contributed by atoms with Gasteiger partial charge in [-0.05, 0) is 42.9 Å². The highest BCUT2D eigenvalue weighted by atomic mass is 32.1. The first-order valence-electron chi connectivity index (χ1n) is 10.7. The number of primary amides is 1. The summed E-state index contributed by atoms with van der Waals surface area (Å²) in [6.07, 6.45) is 5.15. The molecule has 3 amide bonds. The predicted octanol–water partition coefficient (Wildman–Crippen LogP) is 2.71. The van der Waals surface area contributed by atoms with Gasteiger partial charge in [0.2, 0.25) is 5.91 Å². The molecular formula is C22H29N5O4S. The van der Waals surface area contributed by atoms with Gasteiger partial charge in [-0.2, -0.15) is 4.37 Å². The van der Waals surface area contributed by atoms with Crippen LogP contribution in [0.1, 0.15) is 65.6 Å². The molecule has 1 heterocycles. The lowest BCUT2D eigenvalue weighted by molar-refractivity contribution is -0.123. The van der Waals surface area contributed by atoms with Crippen molar-refractivity contribution >= 4 is 40.6 Å². The van der Waals surface area contributed by atoms with Crippen molar-refractivity contribution in [2.24, 2.45) is 5.73 Å². The molecule has 0 radical (unpaired) electrons. The Morgan fingerprint density at radius 1 is 1.31 bits per heavy atom. The number of methoxy groups -OCH3 is 1. The molecule has 1 aromatic heterocycles. The lowest BCUT2D eigenvalue weighted by Crippen LogP contribution is -2.51. The third-order valence-electron chi connectivity index (χ3n) is 5.58. The lowest BCUT2D eigenvalue weighted by atomic mass is 10.1. The molecule has 172 valence electrons. The van der Waals surface area contributed by atoms with Crippen molar-refractivity contribution < 1.29 is 19.1 Å². The molecule has 5 N–H and O–H groups in total. The summed E-state index contributed by atoms with van der Waals surface area (Å²) in [6.45, 7) is 1.95. The van der Waals surface area contributed by atoms with E-state index in [2.05, 4.69) is 9.69 Å². The number of hydrogen-bond donors (Lipinski definition) is 3. The zero-order valence-corrected chi connectivity index (χ0v) is 19.1. The van der Waals surface area contributed by atoms with Crippen molar-refractivity contribution in [2.45, 2.75) is 57.5 Å². The zero-order chi connectivity index (χ0) is 23.3. The van der Waals surface area contributed by atoms with Crippen LogP contribution in [0, 0.1) is 0 Å². The highest BCUT2D eigenvalue weighted by Gasteiger charge is 2.35. The van der Waals surface area contributed by atoms with Gasteiger partial charge in [-0.15, -0.1) is 0 Å². The summed E-state index contributed by atoms with van der Waals surface area (Å²) < 4.78 is 9.27. The normalized spacial score (nSPS) is 14.7.